The third kappa shape index (κ3) is 2.77. The van der Waals surface area contributed by atoms with Crippen molar-refractivity contribution < 1.29 is 9.90 Å². The lowest BCUT2D eigenvalue weighted by Gasteiger charge is -2.08. The second kappa shape index (κ2) is 5.19. The van der Waals surface area contributed by atoms with Crippen molar-refractivity contribution in [1.82, 2.24) is 4.98 Å². The van der Waals surface area contributed by atoms with E-state index in [2.05, 4.69) is 4.98 Å². The number of pyridine rings is 1. The number of fused-ring (bicyclic) bond motifs is 1. The monoisotopic (exact) mass is 247 g/mol. The molecule has 0 saturated carbocycles. The first kappa shape index (κ1) is 11.9. The summed E-state index contributed by atoms with van der Waals surface area (Å²) in [7, 11) is 0. The van der Waals surface area contributed by atoms with Crippen molar-refractivity contribution in [2.75, 3.05) is 0 Å². The van der Waals surface area contributed by atoms with E-state index in [1.54, 1.807) is 13.1 Å². The first-order valence-electron chi connectivity index (χ1n) is 5.35. The van der Waals surface area contributed by atoms with Crippen molar-refractivity contribution in [2.45, 2.75) is 17.9 Å². The third-order valence-electron chi connectivity index (χ3n) is 2.55. The number of carboxylic acid groups (broad SMARTS) is 1. The van der Waals surface area contributed by atoms with Crippen LogP contribution in [-0.4, -0.2) is 21.3 Å². The van der Waals surface area contributed by atoms with Crippen LogP contribution in [0, 0.1) is 0 Å². The number of thioether (sulfide) groups is 1. The number of nitrogens with zero attached hydrogens (tertiary/aromatic N) is 1. The zero-order chi connectivity index (χ0) is 12.3. The highest BCUT2D eigenvalue weighted by molar-refractivity contribution is 7.99. The molecule has 0 saturated heterocycles. The predicted octanol–water partition coefficient (Wildman–Crippen LogP) is 2.94. The van der Waals surface area contributed by atoms with Crippen LogP contribution in [0.25, 0.3) is 10.9 Å². The molecule has 0 aliphatic heterocycles. The molecular formula is C13H13NO2S. The van der Waals surface area contributed by atoms with Crippen LogP contribution in [0.3, 0.4) is 0 Å². The minimum atomic E-state index is -0.775. The first-order valence-corrected chi connectivity index (χ1v) is 6.40. The fourth-order valence-corrected chi connectivity index (χ4v) is 2.38. The summed E-state index contributed by atoms with van der Waals surface area (Å²) in [5, 5.41) is 9.53. The van der Waals surface area contributed by atoms with Crippen molar-refractivity contribution in [3.05, 3.63) is 42.1 Å². The van der Waals surface area contributed by atoms with Crippen LogP contribution in [-0.2, 0) is 10.5 Å². The van der Waals surface area contributed by atoms with E-state index in [4.69, 9.17) is 5.11 Å². The largest absolute Gasteiger partial charge is 0.480 e. The summed E-state index contributed by atoms with van der Waals surface area (Å²) < 4.78 is 0. The van der Waals surface area contributed by atoms with E-state index < -0.39 is 11.2 Å². The number of hydrogen-bond acceptors (Lipinski definition) is 3. The maximum Gasteiger partial charge on any atom is 0.316 e. The molecule has 1 unspecified atom stereocenters. The number of hydrogen-bond donors (Lipinski definition) is 1. The average Bonchev–Trinajstić information content (AvgIpc) is 2.35. The summed E-state index contributed by atoms with van der Waals surface area (Å²) in [5.41, 5.74) is 2.04. The molecule has 1 aromatic carbocycles. The second-order valence-electron chi connectivity index (χ2n) is 3.78. The summed E-state index contributed by atoms with van der Waals surface area (Å²) in [4.78, 5) is 15.1. The van der Waals surface area contributed by atoms with Gasteiger partial charge < -0.3 is 5.11 Å². The molecule has 1 N–H and O–H groups in total. The Bertz CT molecular complexity index is 536. The fraction of sp³-hybridized carbons (Fsp3) is 0.231. The van der Waals surface area contributed by atoms with Gasteiger partial charge in [-0.05, 0) is 18.6 Å². The Labute approximate surface area is 104 Å². The minimum Gasteiger partial charge on any atom is -0.480 e. The molecule has 0 fully saturated rings. The smallest absolute Gasteiger partial charge is 0.316 e. The molecule has 0 bridgehead atoms. The lowest BCUT2D eigenvalue weighted by molar-refractivity contribution is -0.136. The van der Waals surface area contributed by atoms with E-state index in [1.165, 1.54) is 11.8 Å². The Morgan fingerprint density at radius 3 is 2.94 bits per heavy atom. The predicted molar refractivity (Wildman–Crippen MR) is 70.1 cm³/mol. The van der Waals surface area contributed by atoms with E-state index in [0.717, 1.165) is 16.5 Å². The molecule has 0 amide bonds. The maximum atomic E-state index is 10.7. The molecule has 0 radical (unpaired) electrons. The fourth-order valence-electron chi connectivity index (χ4n) is 1.57. The number of carboxylic acids is 1. The van der Waals surface area contributed by atoms with Crippen molar-refractivity contribution >= 4 is 28.6 Å². The Morgan fingerprint density at radius 2 is 2.18 bits per heavy atom. The lowest BCUT2D eigenvalue weighted by atomic mass is 10.1. The molecule has 4 heteroatoms. The molecule has 0 spiro atoms. The van der Waals surface area contributed by atoms with E-state index in [0.29, 0.717) is 5.75 Å². The van der Waals surface area contributed by atoms with Gasteiger partial charge in [0, 0.05) is 17.3 Å². The van der Waals surface area contributed by atoms with Crippen LogP contribution in [0.2, 0.25) is 0 Å². The van der Waals surface area contributed by atoms with Crippen molar-refractivity contribution in [3.63, 3.8) is 0 Å². The number of benzene rings is 1. The Kier molecular flexibility index (Phi) is 3.64. The minimum absolute atomic E-state index is 0.394. The second-order valence-corrected chi connectivity index (χ2v) is 5.11. The highest BCUT2D eigenvalue weighted by Gasteiger charge is 2.12. The summed E-state index contributed by atoms with van der Waals surface area (Å²) in [6.45, 7) is 1.70. The molecular weight excluding hydrogens is 234 g/mol. The summed E-state index contributed by atoms with van der Waals surface area (Å²) in [6, 6.07) is 9.90. The van der Waals surface area contributed by atoms with Gasteiger partial charge in [0.1, 0.15) is 0 Å². The van der Waals surface area contributed by atoms with Gasteiger partial charge in [0.25, 0.3) is 0 Å². The molecule has 0 aliphatic rings. The lowest BCUT2D eigenvalue weighted by Crippen LogP contribution is -2.11. The highest BCUT2D eigenvalue weighted by Crippen LogP contribution is 2.23. The van der Waals surface area contributed by atoms with E-state index in [9.17, 15) is 4.79 Å². The standard InChI is InChI=1S/C13H13NO2S/c1-9(13(15)16)17-8-11-5-2-4-10-6-3-7-14-12(10)11/h2-7,9H,8H2,1H3,(H,15,16). The molecule has 17 heavy (non-hydrogen) atoms. The molecule has 3 nitrogen and oxygen atoms in total. The van der Waals surface area contributed by atoms with Gasteiger partial charge in [0.05, 0.1) is 10.8 Å². The van der Waals surface area contributed by atoms with Crippen molar-refractivity contribution in [2.24, 2.45) is 0 Å². The topological polar surface area (TPSA) is 50.2 Å². The Balaban J connectivity index is 2.21. The highest BCUT2D eigenvalue weighted by atomic mass is 32.2. The molecule has 2 rings (SSSR count). The summed E-state index contributed by atoms with van der Waals surface area (Å²) >= 11 is 1.41. The average molecular weight is 247 g/mol. The normalized spacial score (nSPS) is 12.5. The number of rotatable bonds is 4. The molecule has 1 aromatic heterocycles. The number of carbonyl (C=O) groups is 1. The van der Waals surface area contributed by atoms with Gasteiger partial charge >= 0.3 is 5.97 Å². The third-order valence-corrected chi connectivity index (χ3v) is 3.73. The van der Waals surface area contributed by atoms with E-state index in [-0.39, 0.29) is 0 Å². The molecule has 0 aliphatic carbocycles. The van der Waals surface area contributed by atoms with Crippen LogP contribution in [0.5, 0.6) is 0 Å². The number of aromatic nitrogens is 1. The van der Waals surface area contributed by atoms with Gasteiger partial charge in [0.15, 0.2) is 0 Å². The molecule has 1 heterocycles. The van der Waals surface area contributed by atoms with Crippen LogP contribution in [0.4, 0.5) is 0 Å². The quantitative estimate of drug-likeness (QED) is 0.902. The van der Waals surface area contributed by atoms with Gasteiger partial charge in [-0.2, -0.15) is 0 Å². The summed E-state index contributed by atoms with van der Waals surface area (Å²) in [5.74, 6) is -0.106. The maximum absolute atomic E-state index is 10.7. The van der Waals surface area contributed by atoms with E-state index >= 15 is 0 Å². The SMILES string of the molecule is CC(SCc1cccc2cccnc12)C(=O)O. The van der Waals surface area contributed by atoms with Crippen LogP contribution >= 0.6 is 11.8 Å². The molecule has 88 valence electrons. The number of para-hydroxylation sites is 1. The Hall–Kier alpha value is -1.55. The summed E-state index contributed by atoms with van der Waals surface area (Å²) in [6.07, 6.45) is 1.76. The Morgan fingerprint density at radius 1 is 1.41 bits per heavy atom. The number of aliphatic carboxylic acids is 1. The van der Waals surface area contributed by atoms with Crippen LogP contribution in [0.15, 0.2) is 36.5 Å². The van der Waals surface area contributed by atoms with E-state index in [1.807, 2.05) is 30.3 Å². The van der Waals surface area contributed by atoms with Gasteiger partial charge in [-0.25, -0.2) is 0 Å². The van der Waals surface area contributed by atoms with Gasteiger partial charge in [-0.15, -0.1) is 11.8 Å². The van der Waals surface area contributed by atoms with Crippen molar-refractivity contribution in [3.8, 4) is 0 Å². The van der Waals surface area contributed by atoms with Gasteiger partial charge in [-0.3, -0.25) is 9.78 Å². The van der Waals surface area contributed by atoms with Gasteiger partial charge in [0.2, 0.25) is 0 Å². The van der Waals surface area contributed by atoms with Crippen molar-refractivity contribution in [1.29, 1.82) is 0 Å². The zero-order valence-corrected chi connectivity index (χ0v) is 10.3. The van der Waals surface area contributed by atoms with Crippen LogP contribution < -0.4 is 0 Å². The zero-order valence-electron chi connectivity index (χ0n) is 9.46. The first-order chi connectivity index (χ1) is 8.18. The van der Waals surface area contributed by atoms with Gasteiger partial charge in [-0.1, -0.05) is 24.3 Å². The van der Waals surface area contributed by atoms with Crippen LogP contribution in [0.1, 0.15) is 12.5 Å². The molecule has 1 atom stereocenters. The molecule has 2 aromatic rings.